The average Bonchev–Trinajstić information content (AvgIpc) is 2.90. The van der Waals surface area contributed by atoms with Gasteiger partial charge in [0.2, 0.25) is 0 Å². The third-order valence-electron chi connectivity index (χ3n) is 3.24. The van der Waals surface area contributed by atoms with Crippen molar-refractivity contribution in [1.82, 2.24) is 9.97 Å². The molecule has 122 valence electrons. The van der Waals surface area contributed by atoms with E-state index in [0.29, 0.717) is 0 Å². The molecule has 1 aromatic carbocycles. The van der Waals surface area contributed by atoms with Crippen molar-refractivity contribution < 1.29 is 9.84 Å². The van der Waals surface area contributed by atoms with Gasteiger partial charge in [-0.3, -0.25) is 0 Å². The van der Waals surface area contributed by atoms with Gasteiger partial charge in [-0.2, -0.15) is 0 Å². The van der Waals surface area contributed by atoms with Gasteiger partial charge in [-0.1, -0.05) is 29.5 Å². The number of imidazole rings is 1. The summed E-state index contributed by atoms with van der Waals surface area (Å²) in [5.74, 6) is 0.983. The maximum atomic E-state index is 9.51. The zero-order valence-corrected chi connectivity index (χ0v) is 14.7. The zero-order valence-electron chi connectivity index (χ0n) is 13.9. The maximum Gasteiger partial charge on any atom is 0.166 e. The summed E-state index contributed by atoms with van der Waals surface area (Å²) in [6.45, 7) is 6.21. The predicted octanol–water partition coefficient (Wildman–Crippen LogP) is 4.80. The molecule has 0 aliphatic rings. The second kappa shape index (κ2) is 7.92. The van der Waals surface area contributed by atoms with E-state index in [4.69, 9.17) is 4.74 Å². The Morgan fingerprint density at radius 3 is 2.78 bits per heavy atom. The predicted molar refractivity (Wildman–Crippen MR) is 96.8 cm³/mol. The number of benzene rings is 1. The van der Waals surface area contributed by atoms with Gasteiger partial charge < -0.3 is 14.8 Å². The van der Waals surface area contributed by atoms with Crippen LogP contribution in [0.4, 0.5) is 0 Å². The number of nitrogens with zero attached hydrogens (tertiary/aromatic N) is 1. The van der Waals surface area contributed by atoms with Crippen LogP contribution in [0.3, 0.4) is 0 Å². The SMILES string of the molecule is CO/C=C(CSc1nc2ccc(O)cc2[nH]1)/C(C)=C\C=C(C)C. The molecule has 0 aliphatic heterocycles. The highest BCUT2D eigenvalue weighted by molar-refractivity contribution is 7.99. The number of nitrogens with one attached hydrogen (secondary N) is 1. The Morgan fingerprint density at radius 1 is 1.30 bits per heavy atom. The van der Waals surface area contributed by atoms with Crippen LogP contribution in [0.1, 0.15) is 20.8 Å². The van der Waals surface area contributed by atoms with Crippen LogP contribution >= 0.6 is 11.8 Å². The molecule has 0 spiro atoms. The highest BCUT2D eigenvalue weighted by Crippen LogP contribution is 2.25. The molecule has 4 nitrogen and oxygen atoms in total. The van der Waals surface area contributed by atoms with Gasteiger partial charge in [-0.25, -0.2) is 4.98 Å². The van der Waals surface area contributed by atoms with Crippen molar-refractivity contribution in [3.05, 3.63) is 53.3 Å². The number of hydrogen-bond acceptors (Lipinski definition) is 4. The summed E-state index contributed by atoms with van der Waals surface area (Å²) in [6, 6.07) is 5.12. The Bertz CT molecular complexity index is 768. The Kier molecular flexibility index (Phi) is 5.93. The first-order valence-electron chi connectivity index (χ1n) is 7.35. The lowest BCUT2D eigenvalue weighted by Crippen LogP contribution is -1.92. The lowest BCUT2D eigenvalue weighted by molar-refractivity contribution is 0.335. The molecule has 1 heterocycles. The minimum Gasteiger partial charge on any atom is -0.508 e. The number of aromatic nitrogens is 2. The van der Waals surface area contributed by atoms with Gasteiger partial charge in [0.25, 0.3) is 0 Å². The molecule has 23 heavy (non-hydrogen) atoms. The zero-order chi connectivity index (χ0) is 16.8. The number of fused-ring (bicyclic) bond motifs is 1. The second-order valence-corrected chi connectivity index (χ2v) is 6.47. The maximum absolute atomic E-state index is 9.51. The second-order valence-electron chi connectivity index (χ2n) is 5.50. The molecule has 0 saturated carbocycles. The fourth-order valence-electron chi connectivity index (χ4n) is 1.97. The highest BCUT2D eigenvalue weighted by atomic mass is 32.2. The quantitative estimate of drug-likeness (QED) is 0.453. The van der Waals surface area contributed by atoms with Crippen molar-refractivity contribution in [3.63, 3.8) is 0 Å². The third-order valence-corrected chi connectivity index (χ3v) is 4.16. The van der Waals surface area contributed by atoms with E-state index in [1.54, 1.807) is 43.3 Å². The van der Waals surface area contributed by atoms with Crippen molar-refractivity contribution in [2.75, 3.05) is 12.9 Å². The van der Waals surface area contributed by atoms with Gasteiger partial charge in [0.15, 0.2) is 5.16 Å². The lowest BCUT2D eigenvalue weighted by atomic mass is 10.1. The molecule has 0 aliphatic carbocycles. The summed E-state index contributed by atoms with van der Waals surface area (Å²) in [6.07, 6.45) is 5.96. The number of aromatic amines is 1. The number of aromatic hydroxyl groups is 1. The minimum atomic E-state index is 0.234. The molecular weight excluding hydrogens is 308 g/mol. The van der Waals surface area contributed by atoms with Crippen LogP contribution < -0.4 is 0 Å². The first-order valence-corrected chi connectivity index (χ1v) is 8.33. The Labute approximate surface area is 141 Å². The van der Waals surface area contributed by atoms with Crippen molar-refractivity contribution in [3.8, 4) is 5.75 Å². The number of hydrogen-bond donors (Lipinski definition) is 2. The molecule has 5 heteroatoms. The number of phenolic OH excluding ortho intramolecular Hbond substituents is 1. The summed E-state index contributed by atoms with van der Waals surface area (Å²) in [5.41, 5.74) is 5.21. The molecule has 2 rings (SSSR count). The molecule has 0 radical (unpaired) electrons. The van der Waals surface area contributed by atoms with Crippen molar-refractivity contribution >= 4 is 22.8 Å². The number of allylic oxidation sites excluding steroid dienone is 4. The first-order chi connectivity index (χ1) is 11.0. The molecule has 2 aromatic rings. The molecule has 0 atom stereocenters. The standard InChI is InChI=1S/C18H22N2O2S/c1-12(2)5-6-13(3)14(10-22-4)11-23-18-19-16-8-7-15(21)9-17(16)20-18/h5-10,21H,11H2,1-4H3,(H,19,20)/b13-6-,14-10+. The Balaban J connectivity index is 2.13. The van der Waals surface area contributed by atoms with E-state index in [1.807, 2.05) is 0 Å². The number of phenols is 1. The highest BCUT2D eigenvalue weighted by Gasteiger charge is 2.07. The van der Waals surface area contributed by atoms with Gasteiger partial charge in [-0.05, 0) is 44.1 Å². The fraction of sp³-hybridized carbons (Fsp3) is 0.278. The number of thioether (sulfide) groups is 1. The molecule has 1 aromatic heterocycles. The molecular formula is C18H22N2O2S. The van der Waals surface area contributed by atoms with E-state index < -0.39 is 0 Å². The summed E-state index contributed by atoms with van der Waals surface area (Å²) in [7, 11) is 1.66. The number of ether oxygens (including phenoxy) is 1. The van der Waals surface area contributed by atoms with E-state index in [1.165, 1.54) is 5.57 Å². The molecule has 2 N–H and O–H groups in total. The molecule has 0 bridgehead atoms. The Hall–Kier alpha value is -2.14. The topological polar surface area (TPSA) is 58.1 Å². The van der Waals surface area contributed by atoms with E-state index in [9.17, 15) is 5.11 Å². The van der Waals surface area contributed by atoms with Crippen LogP contribution in [-0.2, 0) is 4.74 Å². The number of H-pyrrole nitrogens is 1. The van der Waals surface area contributed by atoms with Gasteiger partial charge in [-0.15, -0.1) is 0 Å². The van der Waals surface area contributed by atoms with Crippen molar-refractivity contribution in [1.29, 1.82) is 0 Å². The van der Waals surface area contributed by atoms with Crippen molar-refractivity contribution in [2.24, 2.45) is 0 Å². The van der Waals surface area contributed by atoms with Crippen LogP contribution in [0.5, 0.6) is 5.75 Å². The summed E-state index contributed by atoms with van der Waals surface area (Å²) < 4.78 is 5.19. The molecule has 0 saturated heterocycles. The van der Waals surface area contributed by atoms with Gasteiger partial charge >= 0.3 is 0 Å². The van der Waals surface area contributed by atoms with Crippen LogP contribution in [0.25, 0.3) is 11.0 Å². The minimum absolute atomic E-state index is 0.234. The lowest BCUT2D eigenvalue weighted by Gasteiger charge is -2.06. The fourth-order valence-corrected chi connectivity index (χ4v) is 2.90. The summed E-state index contributed by atoms with van der Waals surface area (Å²) in [5, 5.41) is 10.3. The Morgan fingerprint density at radius 2 is 2.09 bits per heavy atom. The van der Waals surface area contributed by atoms with Crippen LogP contribution in [-0.4, -0.2) is 27.9 Å². The van der Waals surface area contributed by atoms with Crippen LogP contribution in [0.15, 0.2) is 58.5 Å². The monoisotopic (exact) mass is 330 g/mol. The number of methoxy groups -OCH3 is 1. The first kappa shape index (κ1) is 17.2. The third kappa shape index (κ3) is 4.93. The van der Waals surface area contributed by atoms with Gasteiger partial charge in [0.1, 0.15) is 5.75 Å². The van der Waals surface area contributed by atoms with Gasteiger partial charge in [0, 0.05) is 11.8 Å². The largest absolute Gasteiger partial charge is 0.508 e. The van der Waals surface area contributed by atoms with E-state index in [-0.39, 0.29) is 5.75 Å². The smallest absolute Gasteiger partial charge is 0.166 e. The van der Waals surface area contributed by atoms with Crippen LogP contribution in [0.2, 0.25) is 0 Å². The van der Waals surface area contributed by atoms with E-state index >= 15 is 0 Å². The average molecular weight is 330 g/mol. The summed E-state index contributed by atoms with van der Waals surface area (Å²) in [4.78, 5) is 7.73. The number of rotatable bonds is 6. The normalized spacial score (nSPS) is 12.5. The van der Waals surface area contributed by atoms with Crippen LogP contribution in [0, 0.1) is 0 Å². The van der Waals surface area contributed by atoms with Gasteiger partial charge in [0.05, 0.1) is 24.4 Å². The van der Waals surface area contributed by atoms with E-state index in [0.717, 1.165) is 33.1 Å². The van der Waals surface area contributed by atoms with E-state index in [2.05, 4.69) is 42.9 Å². The molecule has 0 fully saturated rings. The summed E-state index contributed by atoms with van der Waals surface area (Å²) >= 11 is 1.60. The van der Waals surface area contributed by atoms with Crippen molar-refractivity contribution in [2.45, 2.75) is 25.9 Å². The molecule has 0 unspecified atom stereocenters. The molecule has 0 amide bonds.